The highest BCUT2D eigenvalue weighted by Crippen LogP contribution is 2.17. The smallest absolute Gasteiger partial charge is 0.302 e. The maximum Gasteiger partial charge on any atom is 0.302 e. The summed E-state index contributed by atoms with van der Waals surface area (Å²) in [6.45, 7) is 5.64. The van der Waals surface area contributed by atoms with E-state index in [4.69, 9.17) is 9.47 Å². The van der Waals surface area contributed by atoms with E-state index in [1.807, 2.05) is 18.2 Å². The first-order valence-electron chi connectivity index (χ1n) is 9.14. The molecule has 1 aromatic rings. The molecule has 0 aliphatic carbocycles. The van der Waals surface area contributed by atoms with Crippen LogP contribution in [-0.2, 0) is 20.9 Å². The van der Waals surface area contributed by atoms with E-state index in [1.54, 1.807) is 0 Å². The van der Waals surface area contributed by atoms with Crippen LogP contribution in [-0.4, -0.2) is 19.2 Å². The van der Waals surface area contributed by atoms with Crippen LogP contribution in [0.25, 0.3) is 0 Å². The van der Waals surface area contributed by atoms with Crippen LogP contribution in [0.15, 0.2) is 42.5 Å². The molecule has 0 saturated heterocycles. The Balaban J connectivity index is 2.18. The van der Waals surface area contributed by atoms with Gasteiger partial charge < -0.3 is 9.47 Å². The Morgan fingerprint density at radius 3 is 2.58 bits per heavy atom. The van der Waals surface area contributed by atoms with Crippen LogP contribution in [0.1, 0.15) is 57.9 Å². The second-order valence-electron chi connectivity index (χ2n) is 6.14. The maximum atomic E-state index is 10.8. The maximum absolute atomic E-state index is 10.8. The summed E-state index contributed by atoms with van der Waals surface area (Å²) in [5, 5.41) is 0. The predicted octanol–water partition coefficient (Wildman–Crippen LogP) is 5.30. The molecule has 0 aliphatic rings. The van der Waals surface area contributed by atoms with Gasteiger partial charge in [-0.25, -0.2) is 0 Å². The van der Waals surface area contributed by atoms with Crippen molar-refractivity contribution < 1.29 is 14.3 Å². The van der Waals surface area contributed by atoms with Gasteiger partial charge in [-0.2, -0.15) is 0 Å². The number of ether oxygens (including phenoxy) is 2. The summed E-state index contributed by atoms with van der Waals surface area (Å²) in [5.41, 5.74) is 1.22. The molecule has 3 heteroatoms. The van der Waals surface area contributed by atoms with Gasteiger partial charge in [0.2, 0.25) is 0 Å². The number of unbranched alkanes of at least 4 members (excludes halogenated alkanes) is 1. The Morgan fingerprint density at radius 2 is 1.88 bits per heavy atom. The lowest BCUT2D eigenvalue weighted by molar-refractivity contribution is -0.141. The van der Waals surface area contributed by atoms with E-state index in [0.717, 1.165) is 25.9 Å². The molecule has 0 aromatic heterocycles. The number of rotatable bonds is 13. The van der Waals surface area contributed by atoms with E-state index >= 15 is 0 Å². The third-order valence-electron chi connectivity index (χ3n) is 3.90. The average Bonchev–Trinajstić information content (AvgIpc) is 2.59. The first-order valence-corrected chi connectivity index (χ1v) is 9.14. The number of hydrogen-bond acceptors (Lipinski definition) is 3. The highest BCUT2D eigenvalue weighted by molar-refractivity contribution is 5.65. The third-order valence-corrected chi connectivity index (χ3v) is 3.90. The predicted molar refractivity (Wildman–Crippen MR) is 98.7 cm³/mol. The van der Waals surface area contributed by atoms with Crippen LogP contribution in [0, 0.1) is 5.92 Å². The van der Waals surface area contributed by atoms with Crippen molar-refractivity contribution in [2.24, 2.45) is 5.92 Å². The highest BCUT2D eigenvalue weighted by atomic mass is 16.5. The van der Waals surface area contributed by atoms with Crippen LogP contribution in [0.3, 0.4) is 0 Å². The van der Waals surface area contributed by atoms with Crippen molar-refractivity contribution in [2.75, 3.05) is 13.2 Å². The summed E-state index contributed by atoms with van der Waals surface area (Å²) in [6, 6.07) is 10.3. The van der Waals surface area contributed by atoms with Gasteiger partial charge in [-0.1, -0.05) is 62.2 Å². The summed E-state index contributed by atoms with van der Waals surface area (Å²) < 4.78 is 10.7. The zero-order valence-corrected chi connectivity index (χ0v) is 15.2. The van der Waals surface area contributed by atoms with Gasteiger partial charge in [-0.3, -0.25) is 4.79 Å². The monoisotopic (exact) mass is 332 g/mol. The van der Waals surface area contributed by atoms with Crippen molar-refractivity contribution in [2.45, 2.75) is 59.0 Å². The Bertz CT molecular complexity index is 453. The molecule has 1 aromatic carbocycles. The van der Waals surface area contributed by atoms with Gasteiger partial charge in [0.05, 0.1) is 19.8 Å². The molecule has 0 spiro atoms. The Hall–Kier alpha value is -1.61. The van der Waals surface area contributed by atoms with Crippen LogP contribution in [0.2, 0.25) is 0 Å². The molecule has 1 atom stereocenters. The molecular weight excluding hydrogens is 300 g/mol. The molecule has 0 bridgehead atoms. The van der Waals surface area contributed by atoms with Gasteiger partial charge in [-0.05, 0) is 37.2 Å². The summed E-state index contributed by atoms with van der Waals surface area (Å²) in [6.07, 6.45) is 11.2. The minimum atomic E-state index is -0.189. The molecule has 3 nitrogen and oxygen atoms in total. The Morgan fingerprint density at radius 1 is 1.12 bits per heavy atom. The zero-order chi connectivity index (χ0) is 17.5. The van der Waals surface area contributed by atoms with Crippen molar-refractivity contribution in [3.05, 3.63) is 48.0 Å². The van der Waals surface area contributed by atoms with E-state index in [2.05, 4.69) is 31.2 Å². The molecule has 0 aliphatic heterocycles. The number of carbonyl (C=O) groups is 1. The van der Waals surface area contributed by atoms with E-state index < -0.39 is 0 Å². The number of hydrogen-bond donors (Lipinski definition) is 0. The van der Waals surface area contributed by atoms with E-state index in [-0.39, 0.29) is 5.97 Å². The SMILES string of the molecule is CCCC[C@H](/C=C/CCOCc1ccccc1)CCCOC(C)=O. The lowest BCUT2D eigenvalue weighted by atomic mass is 9.96. The lowest BCUT2D eigenvalue weighted by Crippen LogP contribution is -2.04. The molecule has 0 saturated carbocycles. The first-order chi connectivity index (χ1) is 11.7. The van der Waals surface area contributed by atoms with Gasteiger partial charge >= 0.3 is 5.97 Å². The summed E-state index contributed by atoms with van der Waals surface area (Å²) >= 11 is 0. The van der Waals surface area contributed by atoms with Crippen molar-refractivity contribution in [1.82, 2.24) is 0 Å². The standard InChI is InChI=1S/C21H32O3/c1-3-4-11-20(15-10-17-24-19(2)22)12-8-9-16-23-18-21-13-6-5-7-14-21/h5-8,12-14,20H,3-4,9-11,15-18H2,1-2H3/b12-8+/t20-/m1/s1. The summed E-state index contributed by atoms with van der Waals surface area (Å²) in [4.78, 5) is 10.8. The fourth-order valence-electron chi connectivity index (χ4n) is 2.57. The fraction of sp³-hybridized carbons (Fsp3) is 0.571. The molecule has 0 fully saturated rings. The van der Waals surface area contributed by atoms with Crippen LogP contribution in [0.4, 0.5) is 0 Å². The Kier molecular flexibility index (Phi) is 11.7. The molecule has 0 heterocycles. The normalized spacial score (nSPS) is 12.4. The van der Waals surface area contributed by atoms with Crippen LogP contribution < -0.4 is 0 Å². The molecule has 134 valence electrons. The number of allylic oxidation sites excluding steroid dienone is 1. The van der Waals surface area contributed by atoms with Gasteiger partial charge in [0.25, 0.3) is 0 Å². The van der Waals surface area contributed by atoms with Gasteiger partial charge in [0.1, 0.15) is 0 Å². The lowest BCUT2D eigenvalue weighted by Gasteiger charge is -2.12. The second kappa shape index (κ2) is 13.8. The largest absolute Gasteiger partial charge is 0.466 e. The third kappa shape index (κ3) is 11.0. The average molecular weight is 332 g/mol. The van der Waals surface area contributed by atoms with E-state index in [9.17, 15) is 4.79 Å². The molecule has 0 radical (unpaired) electrons. The Labute approximate surface area is 147 Å². The van der Waals surface area contributed by atoms with E-state index in [1.165, 1.54) is 31.7 Å². The second-order valence-corrected chi connectivity index (χ2v) is 6.14. The molecular formula is C21H32O3. The van der Waals surface area contributed by atoms with Crippen LogP contribution in [0.5, 0.6) is 0 Å². The highest BCUT2D eigenvalue weighted by Gasteiger charge is 2.05. The van der Waals surface area contributed by atoms with Gasteiger partial charge in [0, 0.05) is 6.92 Å². The quantitative estimate of drug-likeness (QED) is 0.279. The fourth-order valence-corrected chi connectivity index (χ4v) is 2.57. The summed E-state index contributed by atoms with van der Waals surface area (Å²) in [5.74, 6) is 0.390. The van der Waals surface area contributed by atoms with Crippen LogP contribution >= 0.6 is 0 Å². The minimum absolute atomic E-state index is 0.189. The van der Waals surface area contributed by atoms with E-state index in [0.29, 0.717) is 19.1 Å². The minimum Gasteiger partial charge on any atom is -0.466 e. The van der Waals surface area contributed by atoms with Gasteiger partial charge in [0.15, 0.2) is 0 Å². The number of benzene rings is 1. The molecule has 0 N–H and O–H groups in total. The molecule has 1 rings (SSSR count). The molecule has 0 amide bonds. The first kappa shape index (κ1) is 20.4. The topological polar surface area (TPSA) is 35.5 Å². The van der Waals surface area contributed by atoms with Crippen molar-refractivity contribution in [3.8, 4) is 0 Å². The van der Waals surface area contributed by atoms with Crippen molar-refractivity contribution in [1.29, 1.82) is 0 Å². The zero-order valence-electron chi connectivity index (χ0n) is 15.2. The van der Waals surface area contributed by atoms with Gasteiger partial charge in [-0.15, -0.1) is 0 Å². The molecule has 24 heavy (non-hydrogen) atoms. The molecule has 0 unspecified atom stereocenters. The number of esters is 1. The summed E-state index contributed by atoms with van der Waals surface area (Å²) in [7, 11) is 0. The number of carbonyl (C=O) groups excluding carboxylic acids is 1. The van der Waals surface area contributed by atoms with Crippen molar-refractivity contribution >= 4 is 5.97 Å². The van der Waals surface area contributed by atoms with Crippen molar-refractivity contribution in [3.63, 3.8) is 0 Å².